The average Bonchev–Trinajstić information content (AvgIpc) is 1.45. The lowest BCUT2D eigenvalue weighted by Gasteiger charge is -2.16. The molecule has 22 aromatic rings. The molecule has 0 aliphatic rings. The third-order valence-corrected chi connectivity index (χ3v) is 21.8. The standard InChI is InChI=1S/C52H33N3.C51H32N4/c1-4-17-34(18-5-1)36-21-16-22-37(31-36)47-33-46(35-19-6-2-7-20-35)53-52(54-47)45-32-44-40-26-11-13-28-42(40)51-50(49(44)41-27-12-10-25-39(41)45)43-29-14-15-30-48(43)55(51)38-23-8-3-9-24-38;1-4-17-33(18-5-1)35-21-16-22-36(31-35)50-52-49(34-19-6-2-7-20-34)53-51(54-50)44-32-43-39-26-11-13-28-41(39)48-47(46(43)40-27-12-10-25-38(40)44)42-29-14-15-30-45(42)55(48)37-23-8-3-9-24-37/h1-33H;1-32H. The molecular weight excluding hydrogens is 1340 g/mol. The second-order valence-corrected chi connectivity index (χ2v) is 28.1. The molecule has 0 saturated heterocycles. The Balaban J connectivity index is 0.000000140. The van der Waals surface area contributed by atoms with Gasteiger partial charge in [0.25, 0.3) is 0 Å². The van der Waals surface area contributed by atoms with Crippen LogP contribution in [-0.2, 0) is 0 Å². The number of hydrogen-bond donors (Lipinski definition) is 0. The highest BCUT2D eigenvalue weighted by atomic mass is 15.0. The van der Waals surface area contributed by atoms with Crippen molar-refractivity contribution in [3.63, 3.8) is 0 Å². The molecule has 0 unspecified atom stereocenters. The predicted molar refractivity (Wildman–Crippen MR) is 459 cm³/mol. The zero-order chi connectivity index (χ0) is 72.6. The summed E-state index contributed by atoms with van der Waals surface area (Å²) >= 11 is 0. The van der Waals surface area contributed by atoms with E-state index in [1.165, 1.54) is 97.7 Å². The van der Waals surface area contributed by atoms with Crippen LogP contribution in [0.3, 0.4) is 0 Å². The van der Waals surface area contributed by atoms with Gasteiger partial charge in [0.05, 0.1) is 33.5 Å². The minimum Gasteiger partial charge on any atom is -0.309 e. The number of para-hydroxylation sites is 4. The molecule has 0 radical (unpaired) electrons. The molecule has 0 saturated carbocycles. The largest absolute Gasteiger partial charge is 0.309 e. The molecule has 0 aliphatic heterocycles. The van der Waals surface area contributed by atoms with E-state index in [0.717, 1.165) is 89.0 Å². The third kappa shape index (κ3) is 10.8. The molecule has 7 heteroatoms. The fourth-order valence-electron chi connectivity index (χ4n) is 16.9. The van der Waals surface area contributed by atoms with Crippen molar-refractivity contribution in [1.82, 2.24) is 34.1 Å². The van der Waals surface area contributed by atoms with Gasteiger partial charge in [0, 0.05) is 87.8 Å². The highest BCUT2D eigenvalue weighted by molar-refractivity contribution is 6.39. The maximum absolute atomic E-state index is 5.41. The minimum atomic E-state index is 0.636. The molecule has 4 heterocycles. The summed E-state index contributed by atoms with van der Waals surface area (Å²) in [4.78, 5) is 26.4. The van der Waals surface area contributed by atoms with Gasteiger partial charge in [-0.15, -0.1) is 0 Å². The molecule has 0 aliphatic carbocycles. The van der Waals surface area contributed by atoms with Gasteiger partial charge in [0.2, 0.25) is 0 Å². The maximum atomic E-state index is 5.41. The summed E-state index contributed by atoms with van der Waals surface area (Å²) in [5, 5.41) is 19.2. The van der Waals surface area contributed by atoms with Crippen LogP contribution in [0.15, 0.2) is 394 Å². The van der Waals surface area contributed by atoms with Gasteiger partial charge in [0.15, 0.2) is 23.3 Å². The number of nitrogens with zero attached hydrogens (tertiary/aromatic N) is 7. The summed E-state index contributed by atoms with van der Waals surface area (Å²) in [6.45, 7) is 0. The first kappa shape index (κ1) is 63.7. The molecule has 0 spiro atoms. The van der Waals surface area contributed by atoms with E-state index in [0.29, 0.717) is 23.3 Å². The van der Waals surface area contributed by atoms with Crippen molar-refractivity contribution in [3.8, 4) is 102 Å². The van der Waals surface area contributed by atoms with Gasteiger partial charge < -0.3 is 9.13 Å². The first-order valence-corrected chi connectivity index (χ1v) is 37.4. The van der Waals surface area contributed by atoms with Gasteiger partial charge in [-0.05, 0) is 132 Å². The van der Waals surface area contributed by atoms with Crippen LogP contribution in [0.2, 0.25) is 0 Å². The van der Waals surface area contributed by atoms with Crippen molar-refractivity contribution in [2.45, 2.75) is 0 Å². The Bertz CT molecular complexity index is 6920. The molecule has 0 atom stereocenters. The van der Waals surface area contributed by atoms with Crippen molar-refractivity contribution in [2.24, 2.45) is 0 Å². The summed E-state index contributed by atoms with van der Waals surface area (Å²) in [6, 6.07) is 140. The van der Waals surface area contributed by atoms with E-state index < -0.39 is 0 Å². The van der Waals surface area contributed by atoms with Crippen LogP contribution in [0, 0.1) is 0 Å². The van der Waals surface area contributed by atoms with Crippen molar-refractivity contribution < 1.29 is 0 Å². The third-order valence-electron chi connectivity index (χ3n) is 21.8. The Kier molecular flexibility index (Phi) is 15.4. The van der Waals surface area contributed by atoms with Gasteiger partial charge >= 0.3 is 0 Å². The van der Waals surface area contributed by atoms with Gasteiger partial charge in [-0.3, -0.25) is 0 Å². The van der Waals surface area contributed by atoms with Crippen molar-refractivity contribution in [2.75, 3.05) is 0 Å². The lowest BCUT2D eigenvalue weighted by Crippen LogP contribution is -2.01. The quantitative estimate of drug-likeness (QED) is 0.128. The van der Waals surface area contributed by atoms with Gasteiger partial charge in [0.1, 0.15) is 0 Å². The molecule has 110 heavy (non-hydrogen) atoms. The second-order valence-electron chi connectivity index (χ2n) is 28.1. The molecule has 4 aromatic heterocycles. The Hall–Kier alpha value is -14.8. The molecule has 22 rings (SSSR count). The Morgan fingerprint density at radius 3 is 0.936 bits per heavy atom. The molecule has 512 valence electrons. The van der Waals surface area contributed by atoms with E-state index in [1.807, 2.05) is 30.3 Å². The lowest BCUT2D eigenvalue weighted by molar-refractivity contribution is 1.08. The molecular formula is C103H65N7. The normalized spacial score (nSPS) is 11.6. The Morgan fingerprint density at radius 2 is 0.473 bits per heavy atom. The first-order chi connectivity index (χ1) is 54.6. The second kappa shape index (κ2) is 26.7. The van der Waals surface area contributed by atoms with Crippen LogP contribution < -0.4 is 0 Å². The van der Waals surface area contributed by atoms with Crippen molar-refractivity contribution in [1.29, 1.82) is 0 Å². The molecule has 0 N–H and O–H groups in total. The smallest absolute Gasteiger partial charge is 0.164 e. The van der Waals surface area contributed by atoms with E-state index in [9.17, 15) is 0 Å². The summed E-state index contributed by atoms with van der Waals surface area (Å²) in [6.07, 6.45) is 0. The van der Waals surface area contributed by atoms with Gasteiger partial charge in [-0.2, -0.15) is 0 Å². The number of aromatic nitrogens is 7. The number of benzene rings is 18. The molecule has 0 amide bonds. The van der Waals surface area contributed by atoms with E-state index in [4.69, 9.17) is 24.9 Å². The van der Waals surface area contributed by atoms with Crippen LogP contribution in [0.4, 0.5) is 0 Å². The summed E-state index contributed by atoms with van der Waals surface area (Å²) < 4.78 is 4.88. The zero-order valence-electron chi connectivity index (χ0n) is 59.7. The average molecular weight is 1400 g/mol. The minimum absolute atomic E-state index is 0.636. The highest BCUT2D eigenvalue weighted by Gasteiger charge is 2.26. The van der Waals surface area contributed by atoms with Crippen LogP contribution in [0.25, 0.3) is 210 Å². The van der Waals surface area contributed by atoms with Crippen LogP contribution in [-0.4, -0.2) is 34.1 Å². The Labute approximate surface area is 634 Å². The fraction of sp³-hybridized carbons (Fsp3) is 0. The molecule has 0 bridgehead atoms. The molecule has 0 fully saturated rings. The lowest BCUT2D eigenvalue weighted by atomic mass is 9.90. The predicted octanol–water partition coefficient (Wildman–Crippen LogP) is 26.8. The van der Waals surface area contributed by atoms with E-state index in [-0.39, 0.29) is 0 Å². The molecule has 7 nitrogen and oxygen atoms in total. The summed E-state index contributed by atoms with van der Waals surface area (Å²) in [5.41, 5.74) is 19.4. The zero-order valence-corrected chi connectivity index (χ0v) is 59.7. The van der Waals surface area contributed by atoms with E-state index in [1.54, 1.807) is 0 Å². The van der Waals surface area contributed by atoms with Crippen LogP contribution in [0.1, 0.15) is 0 Å². The topological polar surface area (TPSA) is 74.3 Å². The first-order valence-electron chi connectivity index (χ1n) is 37.4. The summed E-state index contributed by atoms with van der Waals surface area (Å²) in [7, 11) is 0. The number of hydrogen-bond acceptors (Lipinski definition) is 5. The van der Waals surface area contributed by atoms with Gasteiger partial charge in [-0.25, -0.2) is 24.9 Å². The SMILES string of the molecule is c1ccc(-c2cccc(-c3cc(-c4ccccc4)nc(-c4cc5c6ccccc6c6c(c7ccccc7n6-c6ccccc6)c5c5ccccc45)n3)c2)cc1.c1ccc(-c2cccc(-c3nc(-c4ccccc4)nc(-c4cc5c6ccccc6c6c(c7ccccc7n6-c6ccccc6)c5c5ccccc45)n3)c2)cc1. The molecule has 18 aromatic carbocycles. The fourth-order valence-corrected chi connectivity index (χ4v) is 16.9. The van der Waals surface area contributed by atoms with Crippen LogP contribution >= 0.6 is 0 Å². The highest BCUT2D eigenvalue weighted by Crippen LogP contribution is 2.50. The number of rotatable bonds is 10. The maximum Gasteiger partial charge on any atom is 0.164 e. The summed E-state index contributed by atoms with van der Waals surface area (Å²) in [5.74, 6) is 2.62. The van der Waals surface area contributed by atoms with E-state index in [2.05, 4.69) is 373 Å². The van der Waals surface area contributed by atoms with Crippen LogP contribution in [0.5, 0.6) is 0 Å². The van der Waals surface area contributed by atoms with Crippen molar-refractivity contribution >= 4 is 108 Å². The Morgan fingerprint density at radius 1 is 0.164 bits per heavy atom. The van der Waals surface area contributed by atoms with Gasteiger partial charge in [-0.1, -0.05) is 328 Å². The monoisotopic (exact) mass is 1400 g/mol. The van der Waals surface area contributed by atoms with E-state index >= 15 is 0 Å². The van der Waals surface area contributed by atoms with Crippen molar-refractivity contribution in [3.05, 3.63) is 394 Å². The number of fused-ring (bicyclic) bond motifs is 20.